The molecule has 2 aromatic rings. The number of ether oxygens (including phenoxy) is 1. The summed E-state index contributed by atoms with van der Waals surface area (Å²) in [5, 5.41) is 9.20. The highest BCUT2D eigenvalue weighted by Gasteiger charge is 2.06. The average Bonchev–Trinajstić information content (AvgIpc) is 2.30. The standard InChI is InChI=1S/C15H17NO2/c1-10-7-11(2)15(14(16)8-10)18-9-12-3-5-13(17)6-4-12/h3-8,17H,9,16H2,1-2H3. The van der Waals surface area contributed by atoms with Crippen LogP contribution in [0.1, 0.15) is 16.7 Å². The molecule has 0 aromatic heterocycles. The maximum absolute atomic E-state index is 9.20. The van der Waals surface area contributed by atoms with Gasteiger partial charge in [0.25, 0.3) is 0 Å². The highest BCUT2D eigenvalue weighted by atomic mass is 16.5. The van der Waals surface area contributed by atoms with Crippen LogP contribution in [-0.2, 0) is 6.61 Å². The van der Waals surface area contributed by atoms with E-state index in [2.05, 4.69) is 0 Å². The first-order chi connectivity index (χ1) is 8.56. The van der Waals surface area contributed by atoms with Crippen LogP contribution in [0.25, 0.3) is 0 Å². The fourth-order valence-corrected chi connectivity index (χ4v) is 1.93. The molecular weight excluding hydrogens is 226 g/mol. The van der Waals surface area contributed by atoms with Crippen LogP contribution in [0.15, 0.2) is 36.4 Å². The molecule has 0 spiro atoms. The Balaban J connectivity index is 2.13. The fourth-order valence-electron chi connectivity index (χ4n) is 1.93. The predicted molar refractivity (Wildman–Crippen MR) is 72.8 cm³/mol. The van der Waals surface area contributed by atoms with Gasteiger partial charge < -0.3 is 15.6 Å². The molecule has 0 fully saturated rings. The molecule has 0 heterocycles. The number of aryl methyl sites for hydroxylation is 2. The summed E-state index contributed by atoms with van der Waals surface area (Å²) in [6.45, 7) is 4.43. The summed E-state index contributed by atoms with van der Waals surface area (Å²) >= 11 is 0. The molecule has 0 bridgehead atoms. The SMILES string of the molecule is Cc1cc(C)c(OCc2ccc(O)cc2)c(N)c1. The Morgan fingerprint density at radius 2 is 1.78 bits per heavy atom. The molecule has 0 aliphatic heterocycles. The van der Waals surface area contributed by atoms with Crippen LogP contribution < -0.4 is 10.5 Å². The van der Waals surface area contributed by atoms with Gasteiger partial charge in [0.1, 0.15) is 18.1 Å². The summed E-state index contributed by atoms with van der Waals surface area (Å²) in [7, 11) is 0. The molecule has 3 heteroatoms. The van der Waals surface area contributed by atoms with Gasteiger partial charge in [0, 0.05) is 0 Å². The molecule has 94 valence electrons. The molecule has 0 saturated heterocycles. The number of rotatable bonds is 3. The van der Waals surface area contributed by atoms with Crippen LogP contribution in [-0.4, -0.2) is 5.11 Å². The van der Waals surface area contributed by atoms with E-state index in [9.17, 15) is 5.11 Å². The number of nitrogens with two attached hydrogens (primary N) is 1. The maximum atomic E-state index is 9.20. The van der Waals surface area contributed by atoms with Crippen LogP contribution in [0.4, 0.5) is 5.69 Å². The molecule has 0 atom stereocenters. The van der Waals surface area contributed by atoms with Crippen molar-refractivity contribution < 1.29 is 9.84 Å². The Hall–Kier alpha value is -2.16. The first kappa shape index (κ1) is 12.3. The van der Waals surface area contributed by atoms with E-state index in [1.807, 2.05) is 38.1 Å². The third-order valence-corrected chi connectivity index (χ3v) is 2.77. The second-order valence-corrected chi connectivity index (χ2v) is 4.46. The predicted octanol–water partition coefficient (Wildman–Crippen LogP) is 3.17. The van der Waals surface area contributed by atoms with Crippen molar-refractivity contribution in [2.24, 2.45) is 0 Å². The monoisotopic (exact) mass is 243 g/mol. The zero-order valence-corrected chi connectivity index (χ0v) is 10.6. The molecule has 18 heavy (non-hydrogen) atoms. The van der Waals surface area contributed by atoms with Gasteiger partial charge in [-0.15, -0.1) is 0 Å². The Kier molecular flexibility index (Phi) is 3.42. The van der Waals surface area contributed by atoms with Crippen LogP contribution >= 0.6 is 0 Å². The smallest absolute Gasteiger partial charge is 0.145 e. The lowest BCUT2D eigenvalue weighted by Crippen LogP contribution is -2.01. The fraction of sp³-hybridized carbons (Fsp3) is 0.200. The van der Waals surface area contributed by atoms with E-state index in [-0.39, 0.29) is 5.75 Å². The molecule has 3 N–H and O–H groups in total. The van der Waals surface area contributed by atoms with E-state index in [1.165, 1.54) is 0 Å². The van der Waals surface area contributed by atoms with Crippen molar-refractivity contribution in [2.75, 3.05) is 5.73 Å². The number of anilines is 1. The molecule has 0 aliphatic carbocycles. The first-order valence-corrected chi connectivity index (χ1v) is 5.83. The van der Waals surface area contributed by atoms with Crippen molar-refractivity contribution in [3.63, 3.8) is 0 Å². The summed E-state index contributed by atoms with van der Waals surface area (Å²) in [4.78, 5) is 0. The zero-order valence-electron chi connectivity index (χ0n) is 10.6. The second-order valence-electron chi connectivity index (χ2n) is 4.46. The maximum Gasteiger partial charge on any atom is 0.145 e. The van der Waals surface area contributed by atoms with Gasteiger partial charge in [0.15, 0.2) is 0 Å². The number of hydrogen-bond acceptors (Lipinski definition) is 3. The van der Waals surface area contributed by atoms with Crippen molar-refractivity contribution in [3.05, 3.63) is 53.1 Å². The van der Waals surface area contributed by atoms with E-state index in [4.69, 9.17) is 10.5 Å². The lowest BCUT2D eigenvalue weighted by Gasteiger charge is -2.12. The van der Waals surface area contributed by atoms with E-state index in [0.717, 1.165) is 22.4 Å². The van der Waals surface area contributed by atoms with Gasteiger partial charge in [-0.3, -0.25) is 0 Å². The van der Waals surface area contributed by atoms with E-state index >= 15 is 0 Å². The minimum atomic E-state index is 0.254. The molecule has 0 radical (unpaired) electrons. The minimum absolute atomic E-state index is 0.254. The minimum Gasteiger partial charge on any atom is -0.508 e. The van der Waals surface area contributed by atoms with Crippen molar-refractivity contribution in [2.45, 2.75) is 20.5 Å². The van der Waals surface area contributed by atoms with Gasteiger partial charge >= 0.3 is 0 Å². The highest BCUT2D eigenvalue weighted by Crippen LogP contribution is 2.28. The largest absolute Gasteiger partial charge is 0.508 e. The highest BCUT2D eigenvalue weighted by molar-refractivity contribution is 5.58. The Bertz CT molecular complexity index is 524. The lowest BCUT2D eigenvalue weighted by molar-refractivity contribution is 0.305. The summed E-state index contributed by atoms with van der Waals surface area (Å²) in [6.07, 6.45) is 0. The molecule has 0 saturated carbocycles. The van der Waals surface area contributed by atoms with Gasteiger partial charge in [-0.25, -0.2) is 0 Å². The van der Waals surface area contributed by atoms with Crippen LogP contribution in [0.5, 0.6) is 11.5 Å². The topological polar surface area (TPSA) is 55.5 Å². The lowest BCUT2D eigenvalue weighted by atomic mass is 10.1. The van der Waals surface area contributed by atoms with Gasteiger partial charge in [-0.1, -0.05) is 18.2 Å². The molecule has 2 rings (SSSR count). The summed E-state index contributed by atoms with van der Waals surface area (Å²) in [6, 6.07) is 10.9. The normalized spacial score (nSPS) is 10.3. The van der Waals surface area contributed by atoms with E-state index < -0.39 is 0 Å². The molecule has 0 unspecified atom stereocenters. The quantitative estimate of drug-likeness (QED) is 0.814. The summed E-state index contributed by atoms with van der Waals surface area (Å²) in [5.74, 6) is 0.985. The number of phenols is 1. The van der Waals surface area contributed by atoms with Crippen molar-refractivity contribution in [1.29, 1.82) is 0 Å². The van der Waals surface area contributed by atoms with E-state index in [0.29, 0.717) is 12.3 Å². The van der Waals surface area contributed by atoms with Gasteiger partial charge in [0.05, 0.1) is 5.69 Å². The third-order valence-electron chi connectivity index (χ3n) is 2.77. The van der Waals surface area contributed by atoms with Crippen molar-refractivity contribution in [1.82, 2.24) is 0 Å². The molecule has 0 aliphatic rings. The zero-order chi connectivity index (χ0) is 13.1. The number of phenolic OH excluding ortho intramolecular Hbond substituents is 1. The van der Waals surface area contributed by atoms with Crippen molar-refractivity contribution in [3.8, 4) is 11.5 Å². The van der Waals surface area contributed by atoms with Gasteiger partial charge in [-0.2, -0.15) is 0 Å². The molecule has 0 amide bonds. The van der Waals surface area contributed by atoms with Gasteiger partial charge in [0.2, 0.25) is 0 Å². The number of hydrogen-bond donors (Lipinski definition) is 2. The first-order valence-electron chi connectivity index (χ1n) is 5.83. The number of aromatic hydroxyl groups is 1. The van der Waals surface area contributed by atoms with E-state index in [1.54, 1.807) is 12.1 Å². The number of nitrogen functional groups attached to an aromatic ring is 1. The molecular formula is C15H17NO2. The second kappa shape index (κ2) is 5.00. The Labute approximate surface area is 107 Å². The van der Waals surface area contributed by atoms with Gasteiger partial charge in [-0.05, 0) is 48.7 Å². The van der Waals surface area contributed by atoms with Crippen LogP contribution in [0, 0.1) is 13.8 Å². The summed E-state index contributed by atoms with van der Waals surface area (Å²) in [5.41, 5.74) is 9.76. The van der Waals surface area contributed by atoms with Crippen molar-refractivity contribution >= 4 is 5.69 Å². The summed E-state index contributed by atoms with van der Waals surface area (Å²) < 4.78 is 5.74. The molecule has 3 nitrogen and oxygen atoms in total. The number of benzene rings is 2. The average molecular weight is 243 g/mol. The third kappa shape index (κ3) is 2.74. The Morgan fingerprint density at radius 3 is 2.39 bits per heavy atom. The van der Waals surface area contributed by atoms with Crippen LogP contribution in [0.2, 0.25) is 0 Å². The van der Waals surface area contributed by atoms with Crippen LogP contribution in [0.3, 0.4) is 0 Å². The Morgan fingerprint density at radius 1 is 1.11 bits per heavy atom. The molecule has 2 aromatic carbocycles.